The number of urea groups is 1. The van der Waals surface area contributed by atoms with Crippen LogP contribution in [0.3, 0.4) is 0 Å². The number of aromatic nitrogens is 1. The third-order valence-electron chi connectivity index (χ3n) is 2.63. The molecule has 0 saturated heterocycles. The molecular formula is C13H13N3O4S. The number of phenols is 1. The fourth-order valence-electron chi connectivity index (χ4n) is 1.63. The number of rotatable bonds is 5. The Bertz CT molecular complexity index is 643. The zero-order valence-corrected chi connectivity index (χ0v) is 11.7. The molecule has 2 aromatic rings. The van der Waals surface area contributed by atoms with E-state index in [1.54, 1.807) is 5.51 Å². The maximum Gasteiger partial charge on any atom is 0.339 e. The number of amides is 2. The van der Waals surface area contributed by atoms with Crippen LogP contribution in [0.1, 0.15) is 16.1 Å². The van der Waals surface area contributed by atoms with Gasteiger partial charge in [-0.1, -0.05) is 0 Å². The average molecular weight is 307 g/mol. The molecule has 0 aliphatic heterocycles. The van der Waals surface area contributed by atoms with Crippen LogP contribution in [0.15, 0.2) is 29.1 Å². The van der Waals surface area contributed by atoms with Crippen molar-refractivity contribution in [2.24, 2.45) is 0 Å². The number of anilines is 1. The Hall–Kier alpha value is -2.61. The highest BCUT2D eigenvalue weighted by Gasteiger charge is 2.11. The molecule has 0 aliphatic rings. The van der Waals surface area contributed by atoms with Gasteiger partial charge in [0.15, 0.2) is 0 Å². The molecule has 1 heterocycles. The van der Waals surface area contributed by atoms with E-state index in [9.17, 15) is 14.7 Å². The number of hydrogen-bond donors (Lipinski definition) is 4. The van der Waals surface area contributed by atoms with Crippen LogP contribution in [0.2, 0.25) is 0 Å². The van der Waals surface area contributed by atoms with Gasteiger partial charge in [0.05, 0.1) is 11.2 Å². The third-order valence-corrected chi connectivity index (χ3v) is 3.27. The lowest BCUT2D eigenvalue weighted by atomic mass is 10.2. The molecular weight excluding hydrogens is 294 g/mol. The minimum absolute atomic E-state index is 0.268. The number of aromatic hydroxyl groups is 1. The third kappa shape index (κ3) is 4.18. The average Bonchev–Trinajstić information content (AvgIpc) is 2.94. The zero-order valence-electron chi connectivity index (χ0n) is 10.9. The minimum atomic E-state index is -1.26. The van der Waals surface area contributed by atoms with Gasteiger partial charge in [-0.25, -0.2) is 14.6 Å². The van der Waals surface area contributed by atoms with Gasteiger partial charge in [0, 0.05) is 24.0 Å². The highest BCUT2D eigenvalue weighted by molar-refractivity contribution is 7.07. The van der Waals surface area contributed by atoms with Crippen LogP contribution in [0.25, 0.3) is 0 Å². The van der Waals surface area contributed by atoms with Crippen molar-refractivity contribution in [1.29, 1.82) is 0 Å². The van der Waals surface area contributed by atoms with E-state index in [2.05, 4.69) is 15.6 Å². The van der Waals surface area contributed by atoms with Crippen molar-refractivity contribution in [3.8, 4) is 5.75 Å². The highest BCUT2D eigenvalue weighted by atomic mass is 32.1. The predicted octanol–water partition coefficient (Wildman–Crippen LogP) is 1.91. The second kappa shape index (κ2) is 6.71. The summed E-state index contributed by atoms with van der Waals surface area (Å²) in [5.74, 6) is -1.61. The molecule has 7 nitrogen and oxygen atoms in total. The van der Waals surface area contributed by atoms with Gasteiger partial charge in [-0.2, -0.15) is 0 Å². The summed E-state index contributed by atoms with van der Waals surface area (Å²) in [6.07, 6.45) is 0.618. The van der Waals surface area contributed by atoms with E-state index in [0.29, 0.717) is 13.0 Å². The van der Waals surface area contributed by atoms with Crippen LogP contribution < -0.4 is 10.6 Å². The lowest BCUT2D eigenvalue weighted by molar-refractivity contribution is 0.0693. The summed E-state index contributed by atoms with van der Waals surface area (Å²) < 4.78 is 0. The standard InChI is InChI=1S/C13H13N3O4S/c17-11-2-1-8(5-10(11)12(18)19)16-13(20)14-4-3-9-6-21-7-15-9/h1-2,5-7,17H,3-4H2,(H,18,19)(H2,14,16,20). The molecule has 0 saturated carbocycles. The van der Waals surface area contributed by atoms with Crippen LogP contribution in [0.4, 0.5) is 10.5 Å². The van der Waals surface area contributed by atoms with E-state index >= 15 is 0 Å². The summed E-state index contributed by atoms with van der Waals surface area (Å²) in [6.45, 7) is 0.416. The number of nitrogens with zero attached hydrogens (tertiary/aromatic N) is 1. The number of thiazole rings is 1. The molecule has 2 amide bonds. The topological polar surface area (TPSA) is 112 Å². The molecule has 0 radical (unpaired) electrons. The SMILES string of the molecule is O=C(NCCc1cscn1)Nc1ccc(O)c(C(=O)O)c1. The maximum absolute atomic E-state index is 11.7. The second-order valence-corrected chi connectivity index (χ2v) is 4.87. The van der Waals surface area contributed by atoms with Crippen LogP contribution in [0.5, 0.6) is 5.75 Å². The largest absolute Gasteiger partial charge is 0.507 e. The Labute approximate surface area is 124 Å². The molecule has 1 aromatic heterocycles. The highest BCUT2D eigenvalue weighted by Crippen LogP contribution is 2.21. The lowest BCUT2D eigenvalue weighted by Crippen LogP contribution is -2.30. The van der Waals surface area contributed by atoms with Gasteiger partial charge in [-0.05, 0) is 18.2 Å². The number of carboxylic acids is 1. The summed E-state index contributed by atoms with van der Waals surface area (Å²) >= 11 is 1.49. The van der Waals surface area contributed by atoms with Gasteiger partial charge in [0.25, 0.3) is 0 Å². The molecule has 21 heavy (non-hydrogen) atoms. The van der Waals surface area contributed by atoms with Gasteiger partial charge < -0.3 is 20.8 Å². The number of benzene rings is 1. The van der Waals surface area contributed by atoms with Crippen LogP contribution in [-0.4, -0.2) is 33.7 Å². The number of aromatic carboxylic acids is 1. The minimum Gasteiger partial charge on any atom is -0.507 e. The van der Waals surface area contributed by atoms with Gasteiger partial charge >= 0.3 is 12.0 Å². The van der Waals surface area contributed by atoms with Gasteiger partial charge in [0.2, 0.25) is 0 Å². The van der Waals surface area contributed by atoms with Crippen molar-refractivity contribution in [3.05, 3.63) is 40.3 Å². The van der Waals surface area contributed by atoms with Crippen LogP contribution in [-0.2, 0) is 6.42 Å². The Balaban J connectivity index is 1.87. The number of carbonyl (C=O) groups excluding carboxylic acids is 1. The summed E-state index contributed by atoms with van der Waals surface area (Å²) in [5, 5.41) is 25.3. The summed E-state index contributed by atoms with van der Waals surface area (Å²) in [6, 6.07) is 3.38. The van der Waals surface area contributed by atoms with Crippen molar-refractivity contribution in [3.63, 3.8) is 0 Å². The lowest BCUT2D eigenvalue weighted by Gasteiger charge is -2.08. The first-order valence-electron chi connectivity index (χ1n) is 6.04. The quantitative estimate of drug-likeness (QED) is 0.630. The number of carbonyl (C=O) groups is 2. The first-order chi connectivity index (χ1) is 10.1. The van der Waals surface area contributed by atoms with Crippen LogP contribution >= 0.6 is 11.3 Å². The summed E-state index contributed by atoms with van der Waals surface area (Å²) in [7, 11) is 0. The smallest absolute Gasteiger partial charge is 0.339 e. The van der Waals surface area contributed by atoms with Crippen LogP contribution in [0, 0.1) is 0 Å². The first-order valence-corrected chi connectivity index (χ1v) is 6.99. The normalized spacial score (nSPS) is 10.1. The van der Waals surface area contributed by atoms with Crippen molar-refractivity contribution < 1.29 is 19.8 Å². The Kier molecular flexibility index (Phi) is 4.72. The van der Waals surface area contributed by atoms with E-state index in [1.165, 1.54) is 29.5 Å². The van der Waals surface area contributed by atoms with E-state index in [4.69, 9.17) is 5.11 Å². The molecule has 0 atom stereocenters. The van der Waals surface area contributed by atoms with E-state index in [1.807, 2.05) is 5.38 Å². The molecule has 2 rings (SSSR count). The predicted molar refractivity (Wildman–Crippen MR) is 77.9 cm³/mol. The molecule has 1 aromatic carbocycles. The maximum atomic E-state index is 11.7. The molecule has 0 fully saturated rings. The van der Waals surface area contributed by atoms with Gasteiger partial charge in [0.1, 0.15) is 11.3 Å². The van der Waals surface area contributed by atoms with E-state index in [0.717, 1.165) is 5.69 Å². The fourth-order valence-corrected chi connectivity index (χ4v) is 2.22. The molecule has 4 N–H and O–H groups in total. The number of carboxylic acid groups (broad SMARTS) is 1. The number of nitrogens with one attached hydrogen (secondary N) is 2. The Morgan fingerprint density at radius 2 is 2.14 bits per heavy atom. The van der Waals surface area contributed by atoms with Gasteiger partial charge in [-0.15, -0.1) is 11.3 Å². The molecule has 0 bridgehead atoms. The number of hydrogen-bond acceptors (Lipinski definition) is 5. The molecule has 0 spiro atoms. The van der Waals surface area contributed by atoms with E-state index < -0.39 is 12.0 Å². The monoisotopic (exact) mass is 307 g/mol. The summed E-state index contributed by atoms with van der Waals surface area (Å²) in [5.41, 5.74) is 2.64. The second-order valence-electron chi connectivity index (χ2n) is 4.15. The molecule has 110 valence electrons. The Morgan fingerprint density at radius 3 is 2.81 bits per heavy atom. The van der Waals surface area contributed by atoms with Crippen molar-refractivity contribution in [2.45, 2.75) is 6.42 Å². The van der Waals surface area contributed by atoms with E-state index in [-0.39, 0.29) is 17.0 Å². The Morgan fingerprint density at radius 1 is 1.33 bits per heavy atom. The summed E-state index contributed by atoms with van der Waals surface area (Å²) in [4.78, 5) is 26.6. The molecule has 8 heteroatoms. The van der Waals surface area contributed by atoms with Crippen molar-refractivity contribution >= 4 is 29.0 Å². The fraction of sp³-hybridized carbons (Fsp3) is 0.154. The van der Waals surface area contributed by atoms with Crippen molar-refractivity contribution in [1.82, 2.24) is 10.3 Å². The molecule has 0 unspecified atom stereocenters. The van der Waals surface area contributed by atoms with Crippen molar-refractivity contribution in [2.75, 3.05) is 11.9 Å². The molecule has 0 aliphatic carbocycles. The van der Waals surface area contributed by atoms with Gasteiger partial charge in [-0.3, -0.25) is 0 Å². The first kappa shape index (κ1) is 14.8. The zero-order chi connectivity index (χ0) is 15.2.